The Morgan fingerprint density at radius 2 is 2.25 bits per heavy atom. The van der Waals surface area contributed by atoms with E-state index in [1.165, 1.54) is 6.33 Å². The molecule has 3 nitrogen and oxygen atoms in total. The van der Waals surface area contributed by atoms with Crippen LogP contribution in [0, 0.1) is 11.2 Å². The fourth-order valence-electron chi connectivity index (χ4n) is 1.79. The summed E-state index contributed by atoms with van der Waals surface area (Å²) in [6, 6.07) is 0.132. The fourth-order valence-corrected chi connectivity index (χ4v) is 1.92. The van der Waals surface area contributed by atoms with Gasteiger partial charge in [-0.3, -0.25) is 0 Å². The summed E-state index contributed by atoms with van der Waals surface area (Å²) >= 11 is 5.59. The number of anilines is 1. The van der Waals surface area contributed by atoms with E-state index in [-0.39, 0.29) is 22.4 Å². The molecule has 0 amide bonds. The molecule has 0 aromatic carbocycles. The molecule has 1 aliphatic rings. The molecule has 0 fully saturated rings. The van der Waals surface area contributed by atoms with Gasteiger partial charge in [0.1, 0.15) is 6.33 Å². The van der Waals surface area contributed by atoms with Gasteiger partial charge in [0, 0.05) is 11.5 Å². The Morgan fingerprint density at radius 3 is 2.88 bits per heavy atom. The average molecular weight is 242 g/mol. The van der Waals surface area contributed by atoms with Crippen LogP contribution in [0.4, 0.5) is 10.2 Å². The van der Waals surface area contributed by atoms with Crippen LogP contribution in [0.2, 0.25) is 5.15 Å². The quantitative estimate of drug-likeness (QED) is 0.639. The molecule has 1 aromatic rings. The molecule has 5 heteroatoms. The van der Waals surface area contributed by atoms with E-state index >= 15 is 0 Å². The van der Waals surface area contributed by atoms with Gasteiger partial charge in [0.2, 0.25) is 5.82 Å². The first-order valence-electron chi connectivity index (χ1n) is 5.11. The average Bonchev–Trinajstić information content (AvgIpc) is 2.54. The van der Waals surface area contributed by atoms with Gasteiger partial charge >= 0.3 is 0 Å². The zero-order chi connectivity index (χ0) is 11.8. The van der Waals surface area contributed by atoms with E-state index in [0.717, 1.165) is 6.42 Å². The number of nitrogens with one attached hydrogen (secondary N) is 1. The van der Waals surface area contributed by atoms with Crippen molar-refractivity contribution in [2.24, 2.45) is 5.41 Å². The molecule has 0 spiro atoms. The lowest BCUT2D eigenvalue weighted by molar-refractivity contribution is 0.420. The molecule has 0 aliphatic heterocycles. The smallest absolute Gasteiger partial charge is 0.202 e. The van der Waals surface area contributed by atoms with Crippen LogP contribution >= 0.6 is 11.6 Å². The topological polar surface area (TPSA) is 37.8 Å². The molecular formula is C11H13ClFN3. The van der Waals surface area contributed by atoms with Crippen molar-refractivity contribution in [2.45, 2.75) is 26.3 Å². The maximum absolute atomic E-state index is 13.6. The zero-order valence-electron chi connectivity index (χ0n) is 9.17. The van der Waals surface area contributed by atoms with Crippen LogP contribution in [-0.2, 0) is 0 Å². The Balaban J connectivity index is 2.19. The van der Waals surface area contributed by atoms with Gasteiger partial charge in [-0.2, -0.15) is 4.39 Å². The summed E-state index contributed by atoms with van der Waals surface area (Å²) in [5.74, 6) is -0.423. The van der Waals surface area contributed by atoms with Crippen LogP contribution in [-0.4, -0.2) is 16.0 Å². The third-order valence-electron chi connectivity index (χ3n) is 2.88. The summed E-state index contributed by atoms with van der Waals surface area (Å²) in [6.07, 6.45) is 6.31. The highest BCUT2D eigenvalue weighted by molar-refractivity contribution is 6.29. The maximum atomic E-state index is 13.6. The molecule has 0 unspecified atom stereocenters. The second kappa shape index (κ2) is 4.01. The number of nitrogens with zero attached hydrogens (tertiary/aromatic N) is 2. The molecule has 1 aromatic heterocycles. The van der Waals surface area contributed by atoms with Crippen molar-refractivity contribution in [3.8, 4) is 0 Å². The minimum absolute atomic E-state index is 0.0101. The van der Waals surface area contributed by atoms with E-state index in [2.05, 4.69) is 41.3 Å². The van der Waals surface area contributed by atoms with E-state index < -0.39 is 5.82 Å². The number of halogens is 2. The lowest BCUT2D eigenvalue weighted by atomic mass is 9.88. The molecule has 16 heavy (non-hydrogen) atoms. The van der Waals surface area contributed by atoms with E-state index in [0.29, 0.717) is 0 Å². The summed E-state index contributed by atoms with van der Waals surface area (Å²) in [6.45, 7) is 4.18. The molecule has 1 atom stereocenters. The standard InChI is InChI=1S/C11H13ClFN3/c1-11(2)5-3-4-7(11)16-10-8(13)9(12)14-6-15-10/h3,5-7H,4H2,1-2H3,(H,14,15,16)/t7-/m1/s1. The summed E-state index contributed by atoms with van der Waals surface area (Å²) in [4.78, 5) is 7.43. The summed E-state index contributed by atoms with van der Waals surface area (Å²) in [5.41, 5.74) is -0.0101. The van der Waals surface area contributed by atoms with Crippen LogP contribution in [0.1, 0.15) is 20.3 Å². The molecule has 0 saturated carbocycles. The van der Waals surface area contributed by atoms with E-state index in [1.807, 2.05) is 0 Å². The van der Waals surface area contributed by atoms with Crippen molar-refractivity contribution in [3.63, 3.8) is 0 Å². The Labute approximate surface area is 98.7 Å². The highest BCUT2D eigenvalue weighted by Crippen LogP contribution is 2.33. The molecule has 0 bridgehead atoms. The largest absolute Gasteiger partial charge is 0.364 e. The normalized spacial score (nSPS) is 22.4. The Hall–Kier alpha value is -1.16. The SMILES string of the molecule is CC1(C)C=CC[C@H]1Nc1ncnc(Cl)c1F. The van der Waals surface area contributed by atoms with Crippen LogP contribution in [0.3, 0.4) is 0 Å². The van der Waals surface area contributed by atoms with Gasteiger partial charge in [0.15, 0.2) is 11.0 Å². The first kappa shape index (κ1) is 11.3. The molecule has 2 rings (SSSR count). The van der Waals surface area contributed by atoms with Gasteiger partial charge in [-0.05, 0) is 6.42 Å². The third-order valence-corrected chi connectivity index (χ3v) is 3.14. The number of rotatable bonds is 2. The second-order valence-electron chi connectivity index (χ2n) is 4.48. The Morgan fingerprint density at radius 1 is 1.50 bits per heavy atom. The van der Waals surface area contributed by atoms with Crippen molar-refractivity contribution in [1.29, 1.82) is 0 Å². The Kier molecular flexibility index (Phi) is 2.84. The molecule has 1 heterocycles. The lowest BCUT2D eigenvalue weighted by Crippen LogP contribution is -2.31. The van der Waals surface area contributed by atoms with Gasteiger partial charge in [0.05, 0.1) is 0 Å². The Bertz CT molecular complexity index is 431. The highest BCUT2D eigenvalue weighted by Gasteiger charge is 2.31. The van der Waals surface area contributed by atoms with Crippen molar-refractivity contribution < 1.29 is 4.39 Å². The van der Waals surface area contributed by atoms with Gasteiger partial charge in [0.25, 0.3) is 0 Å². The maximum Gasteiger partial charge on any atom is 0.202 e. The van der Waals surface area contributed by atoms with E-state index in [1.54, 1.807) is 0 Å². The monoisotopic (exact) mass is 241 g/mol. The summed E-state index contributed by atoms with van der Waals surface area (Å²) < 4.78 is 13.6. The second-order valence-corrected chi connectivity index (χ2v) is 4.84. The zero-order valence-corrected chi connectivity index (χ0v) is 9.92. The van der Waals surface area contributed by atoms with Gasteiger partial charge in [-0.15, -0.1) is 0 Å². The molecule has 0 saturated heterocycles. The third kappa shape index (κ3) is 2.02. The van der Waals surface area contributed by atoms with E-state index in [4.69, 9.17) is 11.6 Å². The van der Waals surface area contributed by atoms with Gasteiger partial charge in [-0.25, -0.2) is 9.97 Å². The van der Waals surface area contributed by atoms with Crippen molar-refractivity contribution >= 4 is 17.4 Å². The van der Waals surface area contributed by atoms with Gasteiger partial charge in [-0.1, -0.05) is 37.6 Å². The van der Waals surface area contributed by atoms with Crippen molar-refractivity contribution in [3.05, 3.63) is 29.4 Å². The van der Waals surface area contributed by atoms with Gasteiger partial charge < -0.3 is 5.32 Å². The molecular weight excluding hydrogens is 229 g/mol. The minimum Gasteiger partial charge on any atom is -0.364 e. The van der Waals surface area contributed by atoms with Crippen molar-refractivity contribution in [2.75, 3.05) is 5.32 Å². The van der Waals surface area contributed by atoms with Crippen LogP contribution in [0.5, 0.6) is 0 Å². The van der Waals surface area contributed by atoms with Crippen LogP contribution < -0.4 is 5.32 Å². The van der Waals surface area contributed by atoms with Crippen molar-refractivity contribution in [1.82, 2.24) is 9.97 Å². The first-order valence-corrected chi connectivity index (χ1v) is 5.49. The molecule has 1 N–H and O–H groups in total. The predicted molar refractivity (Wildman–Crippen MR) is 61.9 cm³/mol. The predicted octanol–water partition coefficient (Wildman–Crippen LogP) is 3.04. The van der Waals surface area contributed by atoms with E-state index in [9.17, 15) is 4.39 Å². The number of hydrogen-bond acceptors (Lipinski definition) is 3. The molecule has 1 aliphatic carbocycles. The van der Waals surface area contributed by atoms with Crippen LogP contribution in [0.25, 0.3) is 0 Å². The minimum atomic E-state index is -0.591. The number of hydrogen-bond donors (Lipinski definition) is 1. The van der Waals surface area contributed by atoms with Crippen LogP contribution in [0.15, 0.2) is 18.5 Å². The summed E-state index contributed by atoms with van der Waals surface area (Å²) in [7, 11) is 0. The fraction of sp³-hybridized carbons (Fsp3) is 0.455. The highest BCUT2D eigenvalue weighted by atomic mass is 35.5. The number of aromatic nitrogens is 2. The summed E-state index contributed by atoms with van der Waals surface area (Å²) in [5, 5.41) is 2.92. The molecule has 0 radical (unpaired) electrons. The first-order chi connectivity index (χ1) is 7.50. The molecule has 86 valence electrons. The lowest BCUT2D eigenvalue weighted by Gasteiger charge is -2.27.